The highest BCUT2D eigenvalue weighted by Gasteiger charge is 2.11. The molecule has 0 aliphatic rings. The monoisotopic (exact) mass is 254 g/mol. The number of nitrogens with zero attached hydrogens (tertiary/aromatic N) is 3. The second kappa shape index (κ2) is 7.48. The van der Waals surface area contributed by atoms with E-state index in [4.69, 9.17) is 4.74 Å². The molecule has 1 rings (SSSR count). The lowest BCUT2D eigenvalue weighted by molar-refractivity contribution is 0.120. The van der Waals surface area contributed by atoms with Crippen LogP contribution in [-0.2, 0) is 17.8 Å². The molecular weight excluding hydrogens is 228 g/mol. The van der Waals surface area contributed by atoms with Gasteiger partial charge in [0.15, 0.2) is 0 Å². The predicted molar refractivity (Wildman–Crippen MR) is 72.3 cm³/mol. The number of rotatable bonds is 8. The third-order valence-electron chi connectivity index (χ3n) is 2.56. The highest BCUT2D eigenvalue weighted by molar-refractivity contribution is 4.86. The van der Waals surface area contributed by atoms with Crippen molar-refractivity contribution in [1.29, 1.82) is 0 Å². The molecule has 5 heteroatoms. The van der Waals surface area contributed by atoms with Gasteiger partial charge in [0.2, 0.25) is 0 Å². The fraction of sp³-hybridized carbons (Fsp3) is 0.846. The third kappa shape index (κ3) is 6.12. The number of unbranched alkanes of at least 4 members (excludes halogenated alkanes) is 1. The molecule has 0 radical (unpaired) electrons. The maximum atomic E-state index is 5.54. The van der Waals surface area contributed by atoms with Gasteiger partial charge in [0.05, 0.1) is 19.7 Å². The van der Waals surface area contributed by atoms with Crippen molar-refractivity contribution in [3.05, 3.63) is 12.2 Å². The summed E-state index contributed by atoms with van der Waals surface area (Å²) in [6.45, 7) is 11.6. The lowest BCUT2D eigenvalue weighted by atomic mass is 10.1. The summed E-state index contributed by atoms with van der Waals surface area (Å²) < 4.78 is 7.45. The maximum absolute atomic E-state index is 5.54. The quantitative estimate of drug-likeness (QED) is 0.721. The van der Waals surface area contributed by atoms with Crippen LogP contribution in [0, 0.1) is 0 Å². The average molecular weight is 254 g/mol. The van der Waals surface area contributed by atoms with Crippen molar-refractivity contribution in [2.75, 3.05) is 13.2 Å². The van der Waals surface area contributed by atoms with Gasteiger partial charge in [0, 0.05) is 12.1 Å². The molecule has 0 atom stereocenters. The third-order valence-corrected chi connectivity index (χ3v) is 2.56. The van der Waals surface area contributed by atoms with Gasteiger partial charge in [0.25, 0.3) is 0 Å². The summed E-state index contributed by atoms with van der Waals surface area (Å²) in [5, 5.41) is 7.63. The van der Waals surface area contributed by atoms with Crippen LogP contribution in [0.5, 0.6) is 0 Å². The average Bonchev–Trinajstić information content (AvgIpc) is 2.73. The van der Waals surface area contributed by atoms with Gasteiger partial charge in [-0.15, -0.1) is 0 Å². The largest absolute Gasteiger partial charge is 0.380 e. The Bertz CT molecular complexity index is 330. The molecule has 0 bridgehead atoms. The van der Waals surface area contributed by atoms with Crippen molar-refractivity contribution in [2.45, 2.75) is 59.2 Å². The van der Waals surface area contributed by atoms with Crippen molar-refractivity contribution in [1.82, 2.24) is 20.1 Å². The summed E-state index contributed by atoms with van der Waals surface area (Å²) in [6, 6.07) is 0. The first-order chi connectivity index (χ1) is 8.53. The highest BCUT2D eigenvalue weighted by atomic mass is 16.5. The molecule has 0 spiro atoms. The van der Waals surface area contributed by atoms with Crippen LogP contribution in [-0.4, -0.2) is 33.5 Å². The number of nitrogens with one attached hydrogen (secondary N) is 1. The topological polar surface area (TPSA) is 52.0 Å². The minimum atomic E-state index is 0.0917. The van der Waals surface area contributed by atoms with E-state index in [0.29, 0.717) is 6.61 Å². The lowest BCUT2D eigenvalue weighted by Crippen LogP contribution is -2.36. The van der Waals surface area contributed by atoms with Crippen molar-refractivity contribution in [3.8, 4) is 0 Å². The van der Waals surface area contributed by atoms with Crippen molar-refractivity contribution >= 4 is 0 Å². The van der Waals surface area contributed by atoms with Crippen LogP contribution in [0.2, 0.25) is 0 Å². The first kappa shape index (κ1) is 15.1. The SMILES string of the molecule is CCCCOCCn1ncnc1CNC(C)(C)C. The van der Waals surface area contributed by atoms with E-state index in [0.717, 1.165) is 31.9 Å². The van der Waals surface area contributed by atoms with Gasteiger partial charge in [0.1, 0.15) is 12.2 Å². The molecule has 5 nitrogen and oxygen atoms in total. The molecule has 0 aliphatic heterocycles. The van der Waals surface area contributed by atoms with Crippen LogP contribution in [0.25, 0.3) is 0 Å². The number of hydrogen-bond acceptors (Lipinski definition) is 4. The van der Waals surface area contributed by atoms with Gasteiger partial charge >= 0.3 is 0 Å². The van der Waals surface area contributed by atoms with Crippen molar-refractivity contribution in [3.63, 3.8) is 0 Å². The maximum Gasteiger partial charge on any atom is 0.140 e. The number of aromatic nitrogens is 3. The summed E-state index contributed by atoms with van der Waals surface area (Å²) in [6.07, 6.45) is 3.89. The van der Waals surface area contributed by atoms with E-state index < -0.39 is 0 Å². The normalized spacial score (nSPS) is 12.0. The van der Waals surface area contributed by atoms with Gasteiger partial charge < -0.3 is 10.1 Å². The Morgan fingerprint density at radius 1 is 1.33 bits per heavy atom. The van der Waals surface area contributed by atoms with Crippen LogP contribution < -0.4 is 5.32 Å². The van der Waals surface area contributed by atoms with Gasteiger partial charge in [-0.1, -0.05) is 13.3 Å². The Kier molecular flexibility index (Phi) is 6.29. The minimum Gasteiger partial charge on any atom is -0.380 e. The van der Waals surface area contributed by atoms with Gasteiger partial charge in [-0.25, -0.2) is 9.67 Å². The van der Waals surface area contributed by atoms with Gasteiger partial charge in [-0.3, -0.25) is 0 Å². The number of hydrogen-bond donors (Lipinski definition) is 1. The zero-order valence-corrected chi connectivity index (χ0v) is 12.1. The molecule has 1 aromatic rings. The second-order valence-electron chi connectivity index (χ2n) is 5.47. The first-order valence-electron chi connectivity index (χ1n) is 6.72. The number of ether oxygens (including phenoxy) is 1. The Morgan fingerprint density at radius 3 is 2.78 bits per heavy atom. The molecule has 1 N–H and O–H groups in total. The summed E-state index contributed by atoms with van der Waals surface area (Å²) in [5.41, 5.74) is 0.0917. The van der Waals surface area contributed by atoms with Crippen LogP contribution in [0.1, 0.15) is 46.4 Å². The fourth-order valence-corrected chi connectivity index (χ4v) is 1.46. The van der Waals surface area contributed by atoms with E-state index in [-0.39, 0.29) is 5.54 Å². The molecular formula is C13H26N4O. The molecule has 0 amide bonds. The zero-order valence-electron chi connectivity index (χ0n) is 12.1. The molecule has 0 fully saturated rings. The predicted octanol–water partition coefficient (Wildman–Crippen LogP) is 1.98. The first-order valence-corrected chi connectivity index (χ1v) is 6.72. The molecule has 0 unspecified atom stereocenters. The van der Waals surface area contributed by atoms with E-state index >= 15 is 0 Å². The molecule has 0 aliphatic carbocycles. The molecule has 0 saturated heterocycles. The zero-order chi connectivity index (χ0) is 13.4. The smallest absolute Gasteiger partial charge is 0.140 e. The van der Waals surface area contributed by atoms with Crippen LogP contribution in [0.3, 0.4) is 0 Å². The standard InChI is InChI=1S/C13H26N4O/c1-5-6-8-18-9-7-17-12(14-11-16-17)10-15-13(2,3)4/h11,15H,5-10H2,1-4H3. The Morgan fingerprint density at radius 2 is 2.11 bits per heavy atom. The van der Waals surface area contributed by atoms with Crippen molar-refractivity contribution in [2.24, 2.45) is 0 Å². The highest BCUT2D eigenvalue weighted by Crippen LogP contribution is 2.02. The van der Waals surface area contributed by atoms with E-state index in [1.165, 1.54) is 6.42 Å². The lowest BCUT2D eigenvalue weighted by Gasteiger charge is -2.20. The second-order valence-corrected chi connectivity index (χ2v) is 5.47. The molecule has 1 heterocycles. The molecule has 1 aromatic heterocycles. The molecule has 0 saturated carbocycles. The van der Waals surface area contributed by atoms with Gasteiger partial charge in [-0.05, 0) is 27.2 Å². The summed E-state index contributed by atoms with van der Waals surface area (Å²) >= 11 is 0. The Hall–Kier alpha value is -0.940. The summed E-state index contributed by atoms with van der Waals surface area (Å²) in [5.74, 6) is 0.962. The van der Waals surface area contributed by atoms with E-state index in [2.05, 4.69) is 43.1 Å². The van der Waals surface area contributed by atoms with Crippen molar-refractivity contribution < 1.29 is 4.74 Å². The van der Waals surface area contributed by atoms with Crippen LogP contribution in [0.15, 0.2) is 6.33 Å². The van der Waals surface area contributed by atoms with E-state index in [9.17, 15) is 0 Å². The Balaban J connectivity index is 2.31. The molecule has 18 heavy (non-hydrogen) atoms. The molecule has 0 aromatic carbocycles. The minimum absolute atomic E-state index is 0.0917. The molecule has 104 valence electrons. The van der Waals surface area contributed by atoms with E-state index in [1.54, 1.807) is 6.33 Å². The van der Waals surface area contributed by atoms with E-state index in [1.807, 2.05) is 4.68 Å². The Labute approximate surface area is 110 Å². The van der Waals surface area contributed by atoms with Crippen LogP contribution >= 0.6 is 0 Å². The fourth-order valence-electron chi connectivity index (χ4n) is 1.46. The summed E-state index contributed by atoms with van der Waals surface area (Å²) in [4.78, 5) is 4.27. The van der Waals surface area contributed by atoms with Gasteiger partial charge in [-0.2, -0.15) is 5.10 Å². The summed E-state index contributed by atoms with van der Waals surface area (Å²) in [7, 11) is 0. The van der Waals surface area contributed by atoms with Crippen LogP contribution in [0.4, 0.5) is 0 Å².